The van der Waals surface area contributed by atoms with Crippen LogP contribution in [0.2, 0.25) is 0 Å². The number of likely N-dealkylation sites (N-methyl/N-ethyl adjacent to an activating group) is 1. The lowest BCUT2D eigenvalue weighted by molar-refractivity contribution is -0.136. The van der Waals surface area contributed by atoms with E-state index in [4.69, 9.17) is 10.5 Å². The van der Waals surface area contributed by atoms with Crippen LogP contribution in [0.1, 0.15) is 20.8 Å². The number of carbonyl (C=O) groups excluding carboxylic acids is 2. The molecule has 0 atom stereocenters. The van der Waals surface area contributed by atoms with Crippen LogP contribution in [0, 0.1) is 0 Å². The van der Waals surface area contributed by atoms with Gasteiger partial charge in [-0.05, 0) is 32.9 Å². The number of para-hydroxylation sites is 2. The van der Waals surface area contributed by atoms with Gasteiger partial charge in [-0.25, -0.2) is 0 Å². The van der Waals surface area contributed by atoms with Crippen molar-refractivity contribution in [2.75, 3.05) is 25.9 Å². The molecular weight excluding hydrogens is 270 g/mol. The summed E-state index contributed by atoms with van der Waals surface area (Å²) in [7, 11) is 1.56. The normalized spacial score (nSPS) is 10.9. The van der Waals surface area contributed by atoms with Gasteiger partial charge in [0.15, 0.2) is 6.61 Å². The molecule has 0 radical (unpaired) electrons. The summed E-state index contributed by atoms with van der Waals surface area (Å²) in [5.41, 5.74) is 5.87. The maximum Gasteiger partial charge on any atom is 0.260 e. The molecule has 0 aliphatic carbocycles. The lowest BCUT2D eigenvalue weighted by atomic mass is 10.1. The summed E-state index contributed by atoms with van der Waals surface area (Å²) in [4.78, 5) is 25.0. The Kier molecular flexibility index (Phi) is 5.58. The van der Waals surface area contributed by atoms with Crippen LogP contribution in [0.3, 0.4) is 0 Å². The smallest absolute Gasteiger partial charge is 0.260 e. The van der Waals surface area contributed by atoms with Crippen LogP contribution in [0.15, 0.2) is 24.3 Å². The second-order valence-electron chi connectivity index (χ2n) is 5.87. The number of carbonyl (C=O) groups is 2. The number of hydrogen-bond acceptors (Lipinski definition) is 4. The molecule has 2 amide bonds. The highest BCUT2D eigenvalue weighted by molar-refractivity contribution is 5.85. The molecule has 0 unspecified atom stereocenters. The van der Waals surface area contributed by atoms with Gasteiger partial charge in [-0.15, -0.1) is 0 Å². The van der Waals surface area contributed by atoms with Gasteiger partial charge in [0.25, 0.3) is 5.91 Å². The Morgan fingerprint density at radius 3 is 2.48 bits per heavy atom. The van der Waals surface area contributed by atoms with E-state index in [1.165, 1.54) is 4.90 Å². The van der Waals surface area contributed by atoms with Crippen molar-refractivity contribution in [3.05, 3.63) is 24.3 Å². The van der Waals surface area contributed by atoms with Crippen molar-refractivity contribution in [3.63, 3.8) is 0 Å². The molecule has 1 aromatic rings. The highest BCUT2D eigenvalue weighted by Crippen LogP contribution is 2.19. The summed E-state index contributed by atoms with van der Waals surface area (Å²) in [6.45, 7) is 5.48. The highest BCUT2D eigenvalue weighted by Gasteiger charge is 2.18. The SMILES string of the molecule is CN(CC(=O)NC(C)(C)C)C(=O)COc1ccccc1N. The summed E-state index contributed by atoms with van der Waals surface area (Å²) < 4.78 is 5.35. The van der Waals surface area contributed by atoms with E-state index in [1.54, 1.807) is 31.3 Å². The van der Waals surface area contributed by atoms with Crippen molar-refractivity contribution in [1.82, 2.24) is 10.2 Å². The summed E-state index contributed by atoms with van der Waals surface area (Å²) >= 11 is 0. The Bertz CT molecular complexity index is 509. The standard InChI is InChI=1S/C15H23N3O3/c1-15(2,3)17-13(19)9-18(4)14(20)10-21-12-8-6-5-7-11(12)16/h5-8H,9-10,16H2,1-4H3,(H,17,19). The Hall–Kier alpha value is -2.24. The molecule has 0 aromatic heterocycles. The predicted molar refractivity (Wildman–Crippen MR) is 81.9 cm³/mol. The fourth-order valence-corrected chi connectivity index (χ4v) is 1.62. The molecule has 0 aliphatic heterocycles. The largest absolute Gasteiger partial charge is 0.482 e. The third-order valence-corrected chi connectivity index (χ3v) is 2.59. The molecule has 0 heterocycles. The maximum atomic E-state index is 11.9. The topological polar surface area (TPSA) is 84.7 Å². The highest BCUT2D eigenvalue weighted by atomic mass is 16.5. The number of benzene rings is 1. The molecule has 1 aromatic carbocycles. The first-order valence-electron chi connectivity index (χ1n) is 6.71. The van der Waals surface area contributed by atoms with Crippen LogP contribution < -0.4 is 15.8 Å². The van der Waals surface area contributed by atoms with Gasteiger partial charge in [0.05, 0.1) is 12.2 Å². The van der Waals surface area contributed by atoms with Crippen molar-refractivity contribution in [3.8, 4) is 5.75 Å². The molecule has 0 fully saturated rings. The molecule has 0 spiro atoms. The average molecular weight is 293 g/mol. The van der Waals surface area contributed by atoms with E-state index in [9.17, 15) is 9.59 Å². The molecule has 3 N–H and O–H groups in total. The fraction of sp³-hybridized carbons (Fsp3) is 0.467. The van der Waals surface area contributed by atoms with Crippen molar-refractivity contribution >= 4 is 17.5 Å². The zero-order chi connectivity index (χ0) is 16.0. The van der Waals surface area contributed by atoms with Crippen LogP contribution in [0.4, 0.5) is 5.69 Å². The number of nitrogens with two attached hydrogens (primary N) is 1. The van der Waals surface area contributed by atoms with Crippen molar-refractivity contribution in [1.29, 1.82) is 0 Å². The number of hydrogen-bond donors (Lipinski definition) is 2. The molecule has 6 nitrogen and oxygen atoms in total. The number of nitrogen functional groups attached to an aromatic ring is 1. The van der Waals surface area contributed by atoms with Gasteiger partial charge in [-0.3, -0.25) is 9.59 Å². The molecule has 0 bridgehead atoms. The minimum atomic E-state index is -0.323. The van der Waals surface area contributed by atoms with Gasteiger partial charge in [0.1, 0.15) is 5.75 Å². The number of nitrogens with one attached hydrogen (secondary N) is 1. The van der Waals surface area contributed by atoms with E-state index < -0.39 is 0 Å². The van der Waals surface area contributed by atoms with Gasteiger partial charge < -0.3 is 20.7 Å². The van der Waals surface area contributed by atoms with Crippen molar-refractivity contribution in [2.24, 2.45) is 0 Å². The second-order valence-corrected chi connectivity index (χ2v) is 5.87. The Morgan fingerprint density at radius 1 is 1.29 bits per heavy atom. The monoisotopic (exact) mass is 293 g/mol. The molecular formula is C15H23N3O3. The van der Waals surface area contributed by atoms with E-state index in [0.717, 1.165) is 0 Å². The second kappa shape index (κ2) is 6.97. The van der Waals surface area contributed by atoms with Crippen LogP contribution in [-0.2, 0) is 9.59 Å². The summed E-state index contributed by atoms with van der Waals surface area (Å²) in [6.07, 6.45) is 0. The third kappa shape index (κ3) is 6.16. The Morgan fingerprint density at radius 2 is 1.90 bits per heavy atom. The zero-order valence-electron chi connectivity index (χ0n) is 13.0. The van der Waals surface area contributed by atoms with Gasteiger partial charge >= 0.3 is 0 Å². The van der Waals surface area contributed by atoms with Crippen LogP contribution in [-0.4, -0.2) is 42.5 Å². The lowest BCUT2D eigenvalue weighted by Gasteiger charge is -2.23. The molecule has 21 heavy (non-hydrogen) atoms. The van der Waals surface area contributed by atoms with Crippen molar-refractivity contribution < 1.29 is 14.3 Å². The molecule has 6 heteroatoms. The van der Waals surface area contributed by atoms with E-state index in [-0.39, 0.29) is 30.5 Å². The quantitative estimate of drug-likeness (QED) is 0.794. The molecule has 1 rings (SSSR count). The Labute approximate surface area is 125 Å². The van der Waals surface area contributed by atoms with Gasteiger partial charge in [-0.1, -0.05) is 12.1 Å². The number of nitrogens with zero attached hydrogens (tertiary/aromatic N) is 1. The first-order chi connectivity index (χ1) is 9.69. The van der Waals surface area contributed by atoms with E-state index >= 15 is 0 Å². The number of rotatable bonds is 5. The lowest BCUT2D eigenvalue weighted by Crippen LogP contribution is -2.47. The maximum absolute atomic E-state index is 11.9. The molecule has 0 aliphatic rings. The zero-order valence-corrected chi connectivity index (χ0v) is 13.0. The van der Waals surface area contributed by atoms with Gasteiger partial charge in [0, 0.05) is 12.6 Å². The van der Waals surface area contributed by atoms with Crippen LogP contribution in [0.25, 0.3) is 0 Å². The van der Waals surface area contributed by atoms with Gasteiger partial charge in [0.2, 0.25) is 5.91 Å². The van der Waals surface area contributed by atoms with Crippen LogP contribution >= 0.6 is 0 Å². The molecule has 0 saturated carbocycles. The first-order valence-corrected chi connectivity index (χ1v) is 6.71. The third-order valence-electron chi connectivity index (χ3n) is 2.59. The summed E-state index contributed by atoms with van der Waals surface area (Å²) in [6, 6.07) is 6.94. The minimum absolute atomic E-state index is 0.0102. The minimum Gasteiger partial charge on any atom is -0.482 e. The summed E-state index contributed by atoms with van der Waals surface area (Å²) in [5.74, 6) is -0.0433. The van der Waals surface area contributed by atoms with Crippen LogP contribution in [0.5, 0.6) is 5.75 Å². The fourth-order valence-electron chi connectivity index (χ4n) is 1.62. The van der Waals surface area contributed by atoms with E-state index in [2.05, 4.69) is 5.32 Å². The predicted octanol–water partition coefficient (Wildman–Crippen LogP) is 1.02. The summed E-state index contributed by atoms with van der Waals surface area (Å²) in [5, 5.41) is 2.79. The van der Waals surface area contributed by atoms with Crippen molar-refractivity contribution in [2.45, 2.75) is 26.3 Å². The van der Waals surface area contributed by atoms with Gasteiger partial charge in [-0.2, -0.15) is 0 Å². The van der Waals surface area contributed by atoms with E-state index in [0.29, 0.717) is 11.4 Å². The Balaban J connectivity index is 2.45. The molecule has 0 saturated heterocycles. The molecule has 116 valence electrons. The number of anilines is 1. The average Bonchev–Trinajstić information content (AvgIpc) is 2.34. The van der Waals surface area contributed by atoms with E-state index in [1.807, 2.05) is 20.8 Å². The first kappa shape index (κ1) is 16.8. The number of amides is 2. The number of ether oxygens (including phenoxy) is 1.